The van der Waals surface area contributed by atoms with Gasteiger partial charge in [0.15, 0.2) is 5.15 Å². The van der Waals surface area contributed by atoms with E-state index in [0.29, 0.717) is 16.5 Å². The summed E-state index contributed by atoms with van der Waals surface area (Å²) in [6, 6.07) is 1.98. The first-order valence-corrected chi connectivity index (χ1v) is 6.73. The van der Waals surface area contributed by atoms with E-state index in [4.69, 9.17) is 11.6 Å². The molecule has 0 unspecified atom stereocenters. The van der Waals surface area contributed by atoms with Gasteiger partial charge in [0.05, 0.1) is 0 Å². The Balaban J connectivity index is 1.96. The van der Waals surface area contributed by atoms with E-state index in [0.717, 1.165) is 29.5 Å². The maximum Gasteiger partial charge on any atom is 0.157 e. The number of hydrogen-bond acceptors (Lipinski definition) is 3. The van der Waals surface area contributed by atoms with Crippen molar-refractivity contribution in [1.29, 1.82) is 0 Å². The standard InChI is InChI=1S/C12H14ClN3S/c1-12(6-17)4-7(5-12)9-8-2-3-14-11(13)10(8)16-15-9/h2-3,7,17H,4-6H2,1H3,(H,15,16). The second kappa shape index (κ2) is 3.89. The summed E-state index contributed by atoms with van der Waals surface area (Å²) in [6.45, 7) is 2.28. The van der Waals surface area contributed by atoms with Crippen LogP contribution in [0.4, 0.5) is 0 Å². The molecule has 5 heteroatoms. The zero-order valence-electron chi connectivity index (χ0n) is 9.57. The van der Waals surface area contributed by atoms with Gasteiger partial charge in [-0.3, -0.25) is 5.10 Å². The maximum atomic E-state index is 6.01. The zero-order chi connectivity index (χ0) is 12.0. The molecule has 0 radical (unpaired) electrons. The average Bonchev–Trinajstić information content (AvgIpc) is 2.70. The van der Waals surface area contributed by atoms with Crippen LogP contribution in [0, 0.1) is 5.41 Å². The van der Waals surface area contributed by atoms with Gasteiger partial charge in [-0.15, -0.1) is 0 Å². The second-order valence-electron chi connectivity index (χ2n) is 5.21. The fourth-order valence-electron chi connectivity index (χ4n) is 2.70. The lowest BCUT2D eigenvalue weighted by Gasteiger charge is -2.44. The van der Waals surface area contributed by atoms with Gasteiger partial charge in [0.25, 0.3) is 0 Å². The molecule has 1 saturated carbocycles. The van der Waals surface area contributed by atoms with E-state index < -0.39 is 0 Å². The lowest BCUT2D eigenvalue weighted by molar-refractivity contribution is 0.156. The number of aromatic nitrogens is 3. The van der Waals surface area contributed by atoms with Crippen molar-refractivity contribution in [3.63, 3.8) is 0 Å². The molecule has 1 fully saturated rings. The second-order valence-corrected chi connectivity index (χ2v) is 5.88. The van der Waals surface area contributed by atoms with E-state index in [-0.39, 0.29) is 0 Å². The summed E-state index contributed by atoms with van der Waals surface area (Å²) in [6.07, 6.45) is 4.06. The van der Waals surface area contributed by atoms with Gasteiger partial charge in [-0.2, -0.15) is 17.7 Å². The third-order valence-corrected chi connectivity index (χ3v) is 4.77. The van der Waals surface area contributed by atoms with Crippen molar-refractivity contribution >= 4 is 35.1 Å². The quantitative estimate of drug-likeness (QED) is 0.647. The highest BCUT2D eigenvalue weighted by atomic mass is 35.5. The Morgan fingerprint density at radius 1 is 1.59 bits per heavy atom. The molecular formula is C12H14ClN3S. The van der Waals surface area contributed by atoms with E-state index in [2.05, 4.69) is 34.7 Å². The van der Waals surface area contributed by atoms with Crippen molar-refractivity contribution in [2.24, 2.45) is 5.41 Å². The first-order chi connectivity index (χ1) is 8.13. The van der Waals surface area contributed by atoms with Crippen LogP contribution in [-0.2, 0) is 0 Å². The molecule has 1 N–H and O–H groups in total. The monoisotopic (exact) mass is 267 g/mol. The number of H-pyrrole nitrogens is 1. The molecule has 0 aromatic carbocycles. The van der Waals surface area contributed by atoms with E-state index in [1.165, 1.54) is 5.69 Å². The summed E-state index contributed by atoms with van der Waals surface area (Å²) in [7, 11) is 0. The molecule has 90 valence electrons. The van der Waals surface area contributed by atoms with Gasteiger partial charge in [0.2, 0.25) is 0 Å². The largest absolute Gasteiger partial charge is 0.281 e. The van der Waals surface area contributed by atoms with Crippen LogP contribution in [0.25, 0.3) is 10.9 Å². The zero-order valence-corrected chi connectivity index (χ0v) is 11.2. The smallest absolute Gasteiger partial charge is 0.157 e. The summed E-state index contributed by atoms with van der Waals surface area (Å²) in [4.78, 5) is 4.04. The molecule has 17 heavy (non-hydrogen) atoms. The predicted molar refractivity (Wildman–Crippen MR) is 72.8 cm³/mol. The summed E-state index contributed by atoms with van der Waals surface area (Å²) in [5.74, 6) is 1.49. The van der Waals surface area contributed by atoms with Gasteiger partial charge < -0.3 is 0 Å². The number of nitrogens with one attached hydrogen (secondary N) is 1. The fourth-order valence-corrected chi connectivity index (χ4v) is 3.16. The molecule has 2 aromatic heterocycles. The van der Waals surface area contributed by atoms with Crippen LogP contribution in [-0.4, -0.2) is 20.9 Å². The molecule has 0 aliphatic heterocycles. The molecule has 2 heterocycles. The predicted octanol–water partition coefficient (Wildman–Crippen LogP) is 3.42. The summed E-state index contributed by atoms with van der Waals surface area (Å²) in [5, 5.41) is 8.96. The molecule has 1 aliphatic carbocycles. The van der Waals surface area contributed by atoms with Crippen molar-refractivity contribution in [2.45, 2.75) is 25.7 Å². The van der Waals surface area contributed by atoms with Crippen LogP contribution >= 0.6 is 24.2 Å². The highest BCUT2D eigenvalue weighted by Crippen LogP contribution is 2.52. The van der Waals surface area contributed by atoms with Crippen molar-refractivity contribution in [3.8, 4) is 0 Å². The van der Waals surface area contributed by atoms with Crippen molar-refractivity contribution < 1.29 is 0 Å². The Kier molecular flexibility index (Phi) is 2.60. The van der Waals surface area contributed by atoms with E-state index >= 15 is 0 Å². The number of nitrogens with zero attached hydrogens (tertiary/aromatic N) is 2. The van der Waals surface area contributed by atoms with Gasteiger partial charge in [-0.05, 0) is 30.1 Å². The molecule has 1 aliphatic rings. The Morgan fingerprint density at radius 2 is 2.35 bits per heavy atom. The minimum atomic E-state index is 0.377. The minimum absolute atomic E-state index is 0.377. The topological polar surface area (TPSA) is 41.6 Å². The SMILES string of the molecule is CC1(CS)CC(c2[nH]nc3c(Cl)nccc23)C1. The van der Waals surface area contributed by atoms with E-state index in [9.17, 15) is 0 Å². The summed E-state index contributed by atoms with van der Waals surface area (Å²) < 4.78 is 0. The summed E-state index contributed by atoms with van der Waals surface area (Å²) >= 11 is 10.4. The van der Waals surface area contributed by atoms with Crippen molar-refractivity contribution in [2.75, 3.05) is 5.75 Å². The third-order valence-electron chi connectivity index (χ3n) is 3.73. The maximum absolute atomic E-state index is 6.01. The first kappa shape index (κ1) is 11.4. The molecule has 0 spiro atoms. The number of thiol groups is 1. The van der Waals surface area contributed by atoms with Gasteiger partial charge in [0.1, 0.15) is 5.52 Å². The van der Waals surface area contributed by atoms with Crippen LogP contribution < -0.4 is 0 Å². The molecule has 0 amide bonds. The highest BCUT2D eigenvalue weighted by molar-refractivity contribution is 7.80. The van der Waals surface area contributed by atoms with Crippen molar-refractivity contribution in [3.05, 3.63) is 23.1 Å². The normalized spacial score (nSPS) is 28.3. The number of halogens is 1. The Bertz CT molecular complexity index is 560. The highest BCUT2D eigenvalue weighted by Gasteiger charge is 2.41. The Labute approximate surface area is 110 Å². The minimum Gasteiger partial charge on any atom is -0.281 e. The van der Waals surface area contributed by atoms with Crippen LogP contribution in [0.5, 0.6) is 0 Å². The Hall–Kier alpha value is -0.740. The third kappa shape index (κ3) is 1.74. The van der Waals surface area contributed by atoms with Crippen LogP contribution in [0.2, 0.25) is 5.15 Å². The van der Waals surface area contributed by atoms with Crippen LogP contribution in [0.15, 0.2) is 12.3 Å². The van der Waals surface area contributed by atoms with Gasteiger partial charge in [-0.1, -0.05) is 18.5 Å². The fraction of sp³-hybridized carbons (Fsp3) is 0.500. The molecule has 2 aromatic rings. The van der Waals surface area contributed by atoms with E-state index in [1.54, 1.807) is 6.20 Å². The number of hydrogen-bond donors (Lipinski definition) is 2. The van der Waals surface area contributed by atoms with E-state index in [1.807, 2.05) is 6.07 Å². The average molecular weight is 268 g/mol. The lowest BCUT2D eigenvalue weighted by atomic mass is 9.63. The van der Waals surface area contributed by atoms with Gasteiger partial charge in [-0.25, -0.2) is 4.98 Å². The number of rotatable bonds is 2. The van der Waals surface area contributed by atoms with Crippen molar-refractivity contribution in [1.82, 2.24) is 15.2 Å². The number of aromatic amines is 1. The van der Waals surface area contributed by atoms with Gasteiger partial charge in [0, 0.05) is 23.2 Å². The number of pyridine rings is 1. The van der Waals surface area contributed by atoms with Gasteiger partial charge >= 0.3 is 0 Å². The molecule has 0 atom stereocenters. The summed E-state index contributed by atoms with van der Waals surface area (Å²) in [5.41, 5.74) is 2.36. The molecule has 0 bridgehead atoms. The lowest BCUT2D eigenvalue weighted by Crippen LogP contribution is -2.34. The first-order valence-electron chi connectivity index (χ1n) is 5.72. The Morgan fingerprint density at radius 3 is 3.06 bits per heavy atom. The molecule has 3 nitrogen and oxygen atoms in total. The van der Waals surface area contributed by atoms with Crippen LogP contribution in [0.1, 0.15) is 31.4 Å². The molecular weight excluding hydrogens is 254 g/mol. The number of fused-ring (bicyclic) bond motifs is 1. The molecule has 3 rings (SSSR count). The van der Waals surface area contributed by atoms with Crippen LogP contribution in [0.3, 0.4) is 0 Å². The molecule has 0 saturated heterocycles.